The van der Waals surface area contributed by atoms with Crippen LogP contribution in [0.25, 0.3) is 0 Å². The smallest absolute Gasteiger partial charge is 0.237 e. The van der Waals surface area contributed by atoms with Crippen LogP contribution < -0.4 is 5.32 Å². The van der Waals surface area contributed by atoms with Gasteiger partial charge in [-0.05, 0) is 32.0 Å². The summed E-state index contributed by atoms with van der Waals surface area (Å²) in [5.41, 5.74) is 2.27. The number of hydrogen-bond acceptors (Lipinski definition) is 4. The number of aliphatic hydroxyl groups excluding tert-OH is 1. The largest absolute Gasteiger partial charge is 0.389 e. The number of carbonyl (C=O) groups is 1. The van der Waals surface area contributed by atoms with Crippen molar-refractivity contribution in [1.29, 1.82) is 0 Å². The average molecular weight is 294 g/mol. The summed E-state index contributed by atoms with van der Waals surface area (Å²) in [6, 6.07) is 7.67. The van der Waals surface area contributed by atoms with Gasteiger partial charge in [-0.1, -0.05) is 24.3 Å². The zero-order valence-electron chi connectivity index (χ0n) is 13.3. The van der Waals surface area contributed by atoms with Crippen molar-refractivity contribution < 1.29 is 14.6 Å². The van der Waals surface area contributed by atoms with Gasteiger partial charge in [0.15, 0.2) is 0 Å². The molecule has 0 spiro atoms. The van der Waals surface area contributed by atoms with E-state index in [2.05, 4.69) is 5.32 Å². The van der Waals surface area contributed by atoms with E-state index in [-0.39, 0.29) is 18.6 Å². The number of nitrogens with one attached hydrogen (secondary N) is 1. The average Bonchev–Trinajstić information content (AvgIpc) is 2.45. The number of amides is 1. The highest BCUT2D eigenvalue weighted by molar-refractivity contribution is 5.81. The molecule has 1 rings (SSSR count). The number of nitrogens with zero attached hydrogens (tertiary/aromatic N) is 1. The van der Waals surface area contributed by atoms with Gasteiger partial charge in [0, 0.05) is 20.2 Å². The Kier molecular flexibility index (Phi) is 7.36. The second-order valence-corrected chi connectivity index (χ2v) is 5.37. The van der Waals surface area contributed by atoms with Crippen molar-refractivity contribution in [3.63, 3.8) is 0 Å². The van der Waals surface area contributed by atoms with Gasteiger partial charge in [0.1, 0.15) is 0 Å². The summed E-state index contributed by atoms with van der Waals surface area (Å²) < 4.78 is 4.89. The van der Waals surface area contributed by atoms with Crippen LogP contribution in [0.3, 0.4) is 0 Å². The van der Waals surface area contributed by atoms with Gasteiger partial charge in [0.2, 0.25) is 5.91 Å². The highest BCUT2D eigenvalue weighted by Crippen LogP contribution is 2.06. The fourth-order valence-corrected chi connectivity index (χ4v) is 2.07. The van der Waals surface area contributed by atoms with Gasteiger partial charge in [-0.15, -0.1) is 0 Å². The Hall–Kier alpha value is -1.43. The molecule has 0 saturated carbocycles. The molecule has 2 unspecified atom stereocenters. The Morgan fingerprint density at radius 2 is 2.10 bits per heavy atom. The van der Waals surface area contributed by atoms with E-state index in [9.17, 15) is 9.90 Å². The molecule has 0 aliphatic heterocycles. The molecule has 2 N–H and O–H groups in total. The molecule has 0 radical (unpaired) electrons. The second-order valence-electron chi connectivity index (χ2n) is 5.37. The number of methoxy groups -OCH3 is 1. The van der Waals surface area contributed by atoms with E-state index in [1.807, 2.05) is 50.1 Å². The number of carbonyl (C=O) groups excluding carboxylic acids is 1. The lowest BCUT2D eigenvalue weighted by molar-refractivity contribution is -0.126. The van der Waals surface area contributed by atoms with Crippen molar-refractivity contribution in [2.75, 3.05) is 27.3 Å². The Morgan fingerprint density at radius 3 is 2.71 bits per heavy atom. The van der Waals surface area contributed by atoms with Crippen LogP contribution in [-0.2, 0) is 16.1 Å². The van der Waals surface area contributed by atoms with E-state index in [4.69, 9.17) is 4.74 Å². The van der Waals surface area contributed by atoms with Crippen molar-refractivity contribution in [3.05, 3.63) is 35.4 Å². The summed E-state index contributed by atoms with van der Waals surface area (Å²) in [6.45, 7) is 5.03. The van der Waals surface area contributed by atoms with Gasteiger partial charge in [0.05, 0.1) is 18.8 Å². The van der Waals surface area contributed by atoms with Crippen molar-refractivity contribution >= 4 is 5.91 Å². The van der Waals surface area contributed by atoms with Gasteiger partial charge in [-0.3, -0.25) is 9.69 Å². The number of aryl methyl sites for hydroxylation is 1. The van der Waals surface area contributed by atoms with Crippen LogP contribution >= 0.6 is 0 Å². The highest BCUT2D eigenvalue weighted by Gasteiger charge is 2.20. The number of likely N-dealkylation sites (N-methyl/N-ethyl adjacent to an activating group) is 1. The van der Waals surface area contributed by atoms with E-state index in [1.165, 1.54) is 0 Å². The fraction of sp³-hybridized carbons (Fsp3) is 0.562. The van der Waals surface area contributed by atoms with Crippen molar-refractivity contribution in [3.8, 4) is 0 Å². The molecule has 0 aromatic heterocycles. The second kappa shape index (κ2) is 8.77. The molecule has 1 aromatic carbocycles. The minimum Gasteiger partial charge on any atom is -0.389 e. The molecule has 5 nitrogen and oxygen atoms in total. The predicted octanol–water partition coefficient (Wildman–Crippen LogP) is 0.939. The molecule has 1 amide bonds. The van der Waals surface area contributed by atoms with Crippen LogP contribution in [0.5, 0.6) is 0 Å². The van der Waals surface area contributed by atoms with E-state index < -0.39 is 6.10 Å². The standard InChI is InChI=1S/C16H26N2O3/c1-12-7-5-6-8-14(12)9-17-16(20)13(2)18(3)10-15(19)11-21-4/h5-8,13,15,19H,9-11H2,1-4H3,(H,17,20). The summed E-state index contributed by atoms with van der Waals surface area (Å²) in [4.78, 5) is 14.0. The van der Waals surface area contributed by atoms with Crippen molar-refractivity contribution in [2.45, 2.75) is 32.5 Å². The molecule has 5 heteroatoms. The predicted molar refractivity (Wildman–Crippen MR) is 83.0 cm³/mol. The first kappa shape index (κ1) is 17.6. The maximum Gasteiger partial charge on any atom is 0.237 e. The first-order valence-electron chi connectivity index (χ1n) is 7.15. The molecule has 2 atom stereocenters. The molecular formula is C16H26N2O3. The summed E-state index contributed by atoms with van der Waals surface area (Å²) in [6.07, 6.45) is -0.591. The Balaban J connectivity index is 2.45. The monoisotopic (exact) mass is 294 g/mol. The van der Waals surface area contributed by atoms with Crippen molar-refractivity contribution in [2.24, 2.45) is 0 Å². The summed E-state index contributed by atoms with van der Waals surface area (Å²) in [5.74, 6) is -0.0506. The van der Waals surface area contributed by atoms with Crippen molar-refractivity contribution in [1.82, 2.24) is 10.2 Å². The first-order valence-corrected chi connectivity index (χ1v) is 7.15. The third-order valence-corrected chi connectivity index (χ3v) is 3.61. The lowest BCUT2D eigenvalue weighted by Crippen LogP contribution is -2.46. The topological polar surface area (TPSA) is 61.8 Å². The summed E-state index contributed by atoms with van der Waals surface area (Å²) in [7, 11) is 3.36. The number of hydrogen-bond donors (Lipinski definition) is 2. The third kappa shape index (κ3) is 5.83. The fourth-order valence-electron chi connectivity index (χ4n) is 2.07. The molecule has 118 valence electrons. The van der Waals surface area contributed by atoms with Crippen LogP contribution in [0.1, 0.15) is 18.1 Å². The van der Waals surface area contributed by atoms with Crippen LogP contribution in [0.2, 0.25) is 0 Å². The van der Waals surface area contributed by atoms with Gasteiger partial charge in [-0.2, -0.15) is 0 Å². The van der Waals surface area contributed by atoms with Gasteiger partial charge in [0.25, 0.3) is 0 Å². The summed E-state index contributed by atoms with van der Waals surface area (Å²) in [5, 5.41) is 12.6. The van der Waals surface area contributed by atoms with Crippen LogP contribution in [0.4, 0.5) is 0 Å². The minimum atomic E-state index is -0.591. The van der Waals surface area contributed by atoms with E-state index >= 15 is 0 Å². The molecule has 0 aliphatic rings. The molecule has 0 fully saturated rings. The Morgan fingerprint density at radius 1 is 1.43 bits per heavy atom. The molecule has 1 aromatic rings. The SMILES string of the molecule is COCC(O)CN(C)C(C)C(=O)NCc1ccccc1C. The zero-order valence-corrected chi connectivity index (χ0v) is 13.3. The van der Waals surface area contributed by atoms with Crippen LogP contribution in [0, 0.1) is 6.92 Å². The molecule has 0 aliphatic carbocycles. The number of aliphatic hydroxyl groups is 1. The highest BCUT2D eigenvalue weighted by atomic mass is 16.5. The maximum atomic E-state index is 12.1. The maximum absolute atomic E-state index is 12.1. The number of ether oxygens (including phenoxy) is 1. The van der Waals surface area contributed by atoms with Crippen LogP contribution in [-0.4, -0.2) is 55.4 Å². The van der Waals surface area contributed by atoms with Crippen LogP contribution in [0.15, 0.2) is 24.3 Å². The minimum absolute atomic E-state index is 0.0506. The lowest BCUT2D eigenvalue weighted by Gasteiger charge is -2.26. The van der Waals surface area contributed by atoms with Gasteiger partial charge in [-0.25, -0.2) is 0 Å². The zero-order chi connectivity index (χ0) is 15.8. The summed E-state index contributed by atoms with van der Waals surface area (Å²) >= 11 is 0. The molecule has 0 heterocycles. The third-order valence-electron chi connectivity index (χ3n) is 3.61. The first-order chi connectivity index (χ1) is 9.95. The Bertz CT molecular complexity index is 451. The lowest BCUT2D eigenvalue weighted by atomic mass is 10.1. The quantitative estimate of drug-likeness (QED) is 0.749. The molecule has 0 saturated heterocycles. The van der Waals surface area contributed by atoms with Gasteiger partial charge < -0.3 is 15.2 Å². The molecular weight excluding hydrogens is 268 g/mol. The number of benzene rings is 1. The van der Waals surface area contributed by atoms with Gasteiger partial charge >= 0.3 is 0 Å². The molecule has 21 heavy (non-hydrogen) atoms. The normalized spacial score (nSPS) is 14.0. The van der Waals surface area contributed by atoms with E-state index in [1.54, 1.807) is 7.11 Å². The Labute approximate surface area is 126 Å². The van der Waals surface area contributed by atoms with E-state index in [0.717, 1.165) is 11.1 Å². The van der Waals surface area contributed by atoms with E-state index in [0.29, 0.717) is 13.1 Å². The number of rotatable bonds is 8. The molecule has 0 bridgehead atoms.